The highest BCUT2D eigenvalue weighted by atomic mass is 32.2. The molecule has 2 rings (SSSR count). The lowest BCUT2D eigenvalue weighted by molar-refractivity contribution is 0.222. The predicted octanol–water partition coefficient (Wildman–Crippen LogP) is 1.02. The maximum absolute atomic E-state index is 12.6. The summed E-state index contributed by atoms with van der Waals surface area (Å²) >= 11 is 0. The van der Waals surface area contributed by atoms with Crippen molar-refractivity contribution in [3.05, 3.63) is 0 Å². The summed E-state index contributed by atoms with van der Waals surface area (Å²) < 4.78 is 28.5. The number of hydrogen-bond donors (Lipinski definition) is 1. The Morgan fingerprint density at radius 3 is 2.32 bits per heavy atom. The van der Waals surface area contributed by atoms with Gasteiger partial charge in [-0.1, -0.05) is 13.3 Å². The lowest BCUT2D eigenvalue weighted by Gasteiger charge is -2.37. The van der Waals surface area contributed by atoms with Crippen LogP contribution in [0.3, 0.4) is 0 Å². The molecular weight excluding hydrogens is 262 g/mol. The van der Waals surface area contributed by atoms with Gasteiger partial charge in [-0.05, 0) is 44.1 Å². The fourth-order valence-electron chi connectivity index (χ4n) is 3.14. The third-order valence-corrected chi connectivity index (χ3v) is 6.62. The molecule has 0 bridgehead atoms. The standard InChI is InChI=1S/C13H27N3O2S/c1-2-12-5-8-15(9-6-12)19(17,18)16-7-3-4-13(10-14)11-16/h12-13H,2-11,14H2,1H3. The zero-order chi connectivity index (χ0) is 13.9. The van der Waals surface area contributed by atoms with Crippen LogP contribution in [0.15, 0.2) is 0 Å². The summed E-state index contributed by atoms with van der Waals surface area (Å²) in [5, 5.41) is 0. The fourth-order valence-corrected chi connectivity index (χ4v) is 4.90. The molecule has 2 fully saturated rings. The van der Waals surface area contributed by atoms with Crippen molar-refractivity contribution in [2.75, 3.05) is 32.7 Å². The predicted molar refractivity (Wildman–Crippen MR) is 76.9 cm³/mol. The highest BCUT2D eigenvalue weighted by Gasteiger charge is 2.34. The largest absolute Gasteiger partial charge is 0.330 e. The number of nitrogens with zero attached hydrogens (tertiary/aromatic N) is 2. The second kappa shape index (κ2) is 6.52. The maximum atomic E-state index is 12.6. The molecule has 0 saturated carbocycles. The normalized spacial score (nSPS) is 28.6. The Morgan fingerprint density at radius 1 is 1.05 bits per heavy atom. The van der Waals surface area contributed by atoms with Crippen molar-refractivity contribution in [3.63, 3.8) is 0 Å². The minimum Gasteiger partial charge on any atom is -0.330 e. The van der Waals surface area contributed by atoms with Gasteiger partial charge < -0.3 is 5.73 Å². The summed E-state index contributed by atoms with van der Waals surface area (Å²) in [7, 11) is -3.25. The third kappa shape index (κ3) is 3.48. The van der Waals surface area contributed by atoms with E-state index in [4.69, 9.17) is 5.73 Å². The molecule has 2 aliphatic rings. The number of rotatable bonds is 4. The lowest BCUT2D eigenvalue weighted by atomic mass is 9.96. The van der Waals surface area contributed by atoms with Crippen molar-refractivity contribution in [2.24, 2.45) is 17.6 Å². The third-order valence-electron chi connectivity index (χ3n) is 4.62. The van der Waals surface area contributed by atoms with Gasteiger partial charge in [-0.15, -0.1) is 0 Å². The van der Waals surface area contributed by atoms with Crippen LogP contribution in [0.25, 0.3) is 0 Å². The quantitative estimate of drug-likeness (QED) is 0.840. The molecular formula is C13H27N3O2S. The lowest BCUT2D eigenvalue weighted by Crippen LogP contribution is -2.50. The summed E-state index contributed by atoms with van der Waals surface area (Å²) in [5.41, 5.74) is 5.69. The van der Waals surface area contributed by atoms with E-state index in [0.29, 0.717) is 44.6 Å². The van der Waals surface area contributed by atoms with E-state index in [1.54, 1.807) is 8.61 Å². The van der Waals surface area contributed by atoms with Crippen LogP contribution in [-0.2, 0) is 10.2 Å². The Hall–Kier alpha value is -0.170. The summed E-state index contributed by atoms with van der Waals surface area (Å²) in [5.74, 6) is 1.03. The van der Waals surface area contributed by atoms with Crippen LogP contribution in [0.2, 0.25) is 0 Å². The first-order valence-corrected chi connectivity index (χ1v) is 8.93. The highest BCUT2D eigenvalue weighted by Crippen LogP contribution is 2.26. The van der Waals surface area contributed by atoms with Crippen LogP contribution in [0.4, 0.5) is 0 Å². The summed E-state index contributed by atoms with van der Waals surface area (Å²) in [4.78, 5) is 0. The summed E-state index contributed by atoms with van der Waals surface area (Å²) in [6.07, 6.45) is 5.16. The smallest absolute Gasteiger partial charge is 0.281 e. The van der Waals surface area contributed by atoms with E-state index in [9.17, 15) is 8.42 Å². The molecule has 2 heterocycles. The van der Waals surface area contributed by atoms with Gasteiger partial charge in [0.05, 0.1) is 0 Å². The average molecular weight is 289 g/mol. The molecule has 5 nitrogen and oxygen atoms in total. The van der Waals surface area contributed by atoms with E-state index in [-0.39, 0.29) is 0 Å². The van der Waals surface area contributed by atoms with Crippen molar-refractivity contribution in [1.29, 1.82) is 0 Å². The van der Waals surface area contributed by atoms with Gasteiger partial charge in [0.1, 0.15) is 0 Å². The number of nitrogens with two attached hydrogens (primary N) is 1. The van der Waals surface area contributed by atoms with Crippen LogP contribution >= 0.6 is 0 Å². The van der Waals surface area contributed by atoms with Crippen LogP contribution in [0, 0.1) is 11.8 Å². The average Bonchev–Trinajstić information content (AvgIpc) is 2.47. The number of piperidine rings is 2. The first kappa shape index (κ1) is 15.2. The Labute approximate surface area is 117 Å². The van der Waals surface area contributed by atoms with Gasteiger partial charge in [0.25, 0.3) is 10.2 Å². The molecule has 1 atom stereocenters. The Kier molecular flexibility index (Phi) is 5.22. The zero-order valence-corrected chi connectivity index (χ0v) is 12.7. The summed E-state index contributed by atoms with van der Waals surface area (Å²) in [6, 6.07) is 0. The topological polar surface area (TPSA) is 66.6 Å². The van der Waals surface area contributed by atoms with Crippen molar-refractivity contribution in [1.82, 2.24) is 8.61 Å². The molecule has 19 heavy (non-hydrogen) atoms. The van der Waals surface area contributed by atoms with E-state index in [0.717, 1.165) is 32.1 Å². The zero-order valence-electron chi connectivity index (χ0n) is 11.9. The Morgan fingerprint density at radius 2 is 1.74 bits per heavy atom. The van der Waals surface area contributed by atoms with Crippen LogP contribution < -0.4 is 5.73 Å². The molecule has 0 aromatic carbocycles. The van der Waals surface area contributed by atoms with E-state index in [1.807, 2.05) is 0 Å². The second-order valence-corrected chi connectivity index (χ2v) is 7.79. The van der Waals surface area contributed by atoms with Gasteiger partial charge in [0.15, 0.2) is 0 Å². The molecule has 0 radical (unpaired) electrons. The first-order valence-electron chi connectivity index (χ1n) is 7.53. The highest BCUT2D eigenvalue weighted by molar-refractivity contribution is 7.86. The molecule has 0 aromatic rings. The summed E-state index contributed by atoms with van der Waals surface area (Å²) in [6.45, 7) is 5.41. The van der Waals surface area contributed by atoms with Crippen molar-refractivity contribution < 1.29 is 8.42 Å². The van der Waals surface area contributed by atoms with Crippen LogP contribution in [-0.4, -0.2) is 49.8 Å². The minimum absolute atomic E-state index is 0.330. The molecule has 2 N–H and O–H groups in total. The van der Waals surface area contributed by atoms with Gasteiger partial charge in [0.2, 0.25) is 0 Å². The van der Waals surface area contributed by atoms with E-state index >= 15 is 0 Å². The maximum Gasteiger partial charge on any atom is 0.281 e. The van der Waals surface area contributed by atoms with Gasteiger partial charge in [-0.25, -0.2) is 0 Å². The van der Waals surface area contributed by atoms with Gasteiger partial charge >= 0.3 is 0 Å². The van der Waals surface area contributed by atoms with Gasteiger partial charge in [0, 0.05) is 26.2 Å². The van der Waals surface area contributed by atoms with Crippen LogP contribution in [0.1, 0.15) is 39.0 Å². The molecule has 112 valence electrons. The molecule has 0 aromatic heterocycles. The first-order chi connectivity index (χ1) is 9.07. The molecule has 6 heteroatoms. The fraction of sp³-hybridized carbons (Fsp3) is 1.00. The monoisotopic (exact) mass is 289 g/mol. The molecule has 1 unspecified atom stereocenters. The number of hydrogen-bond acceptors (Lipinski definition) is 3. The molecule has 2 saturated heterocycles. The minimum atomic E-state index is -3.25. The van der Waals surface area contributed by atoms with Crippen molar-refractivity contribution >= 4 is 10.2 Å². The van der Waals surface area contributed by atoms with E-state index in [1.165, 1.54) is 0 Å². The van der Waals surface area contributed by atoms with Gasteiger partial charge in [-0.2, -0.15) is 17.0 Å². The Balaban J connectivity index is 1.98. The second-order valence-electron chi connectivity index (χ2n) is 5.86. The molecule has 2 aliphatic heterocycles. The van der Waals surface area contributed by atoms with E-state index < -0.39 is 10.2 Å². The van der Waals surface area contributed by atoms with Crippen molar-refractivity contribution in [3.8, 4) is 0 Å². The molecule has 0 spiro atoms. The SMILES string of the molecule is CCC1CCN(S(=O)(=O)N2CCCC(CN)C2)CC1. The van der Waals surface area contributed by atoms with Crippen molar-refractivity contribution in [2.45, 2.75) is 39.0 Å². The molecule has 0 amide bonds. The Bertz CT molecular complexity index is 377. The van der Waals surface area contributed by atoms with E-state index in [2.05, 4.69) is 6.92 Å². The van der Waals surface area contributed by atoms with Crippen LogP contribution in [0.5, 0.6) is 0 Å². The van der Waals surface area contributed by atoms with Gasteiger partial charge in [-0.3, -0.25) is 0 Å². The molecule has 0 aliphatic carbocycles.